The van der Waals surface area contributed by atoms with Crippen molar-refractivity contribution in [1.29, 1.82) is 0 Å². The summed E-state index contributed by atoms with van der Waals surface area (Å²) in [5.74, 6) is -1.50. The summed E-state index contributed by atoms with van der Waals surface area (Å²) in [6, 6.07) is 2.80. The standard InChI is InChI=1S/C19H27N3O5/c1-19(2,3)27-18(26)21-15(11-13-5-4-8-20-12-13)16(23)22-9-6-14(7-10-22)17(24)25/h4-5,8,12,14-15H,6-7,9-11H2,1-3H3,(H,21,26)(H,24,25). The second-order valence-corrected chi connectivity index (χ2v) is 7.70. The van der Waals surface area contributed by atoms with Gasteiger partial charge in [-0.1, -0.05) is 6.07 Å². The first kappa shape index (κ1) is 20.7. The molecule has 0 aromatic carbocycles. The monoisotopic (exact) mass is 377 g/mol. The molecule has 2 N–H and O–H groups in total. The fraction of sp³-hybridized carbons (Fsp3) is 0.579. The number of hydrogen-bond acceptors (Lipinski definition) is 5. The molecular formula is C19H27N3O5. The highest BCUT2D eigenvalue weighted by Crippen LogP contribution is 2.19. The topological polar surface area (TPSA) is 109 Å². The minimum absolute atomic E-state index is 0.242. The molecular weight excluding hydrogens is 350 g/mol. The van der Waals surface area contributed by atoms with Crippen LogP contribution in [0.1, 0.15) is 39.2 Å². The summed E-state index contributed by atoms with van der Waals surface area (Å²) >= 11 is 0. The van der Waals surface area contributed by atoms with Gasteiger partial charge in [0.1, 0.15) is 11.6 Å². The molecule has 1 aromatic heterocycles. The lowest BCUT2D eigenvalue weighted by Crippen LogP contribution is -2.52. The Morgan fingerprint density at radius 3 is 2.52 bits per heavy atom. The smallest absolute Gasteiger partial charge is 0.408 e. The predicted molar refractivity (Wildman–Crippen MR) is 98.0 cm³/mol. The number of piperidine rings is 1. The molecule has 27 heavy (non-hydrogen) atoms. The molecule has 2 amide bonds. The highest BCUT2D eigenvalue weighted by Gasteiger charge is 2.32. The quantitative estimate of drug-likeness (QED) is 0.810. The van der Waals surface area contributed by atoms with Crippen molar-refractivity contribution in [2.45, 2.75) is 51.7 Å². The Kier molecular flexibility index (Phi) is 6.76. The lowest BCUT2D eigenvalue weighted by atomic mass is 9.96. The number of amides is 2. The zero-order chi connectivity index (χ0) is 20.0. The fourth-order valence-corrected chi connectivity index (χ4v) is 2.97. The van der Waals surface area contributed by atoms with E-state index in [1.165, 1.54) is 0 Å². The Balaban J connectivity index is 2.07. The third-order valence-corrected chi connectivity index (χ3v) is 4.31. The van der Waals surface area contributed by atoms with Crippen LogP contribution in [0.4, 0.5) is 4.79 Å². The van der Waals surface area contributed by atoms with Crippen LogP contribution in [-0.4, -0.2) is 57.7 Å². The minimum atomic E-state index is -0.833. The van der Waals surface area contributed by atoms with Crippen molar-refractivity contribution in [3.05, 3.63) is 30.1 Å². The average Bonchev–Trinajstić information content (AvgIpc) is 2.60. The highest BCUT2D eigenvalue weighted by molar-refractivity contribution is 5.86. The van der Waals surface area contributed by atoms with E-state index in [1.807, 2.05) is 6.07 Å². The Morgan fingerprint density at radius 2 is 2.00 bits per heavy atom. The van der Waals surface area contributed by atoms with E-state index in [1.54, 1.807) is 44.1 Å². The molecule has 1 unspecified atom stereocenters. The van der Waals surface area contributed by atoms with Crippen molar-refractivity contribution in [3.63, 3.8) is 0 Å². The maximum Gasteiger partial charge on any atom is 0.408 e. The van der Waals surface area contributed by atoms with Gasteiger partial charge in [-0.3, -0.25) is 14.6 Å². The summed E-state index contributed by atoms with van der Waals surface area (Å²) in [7, 11) is 0. The second kappa shape index (κ2) is 8.83. The largest absolute Gasteiger partial charge is 0.481 e. The molecule has 0 aliphatic carbocycles. The van der Waals surface area contributed by atoms with Crippen LogP contribution >= 0.6 is 0 Å². The first-order chi connectivity index (χ1) is 12.7. The molecule has 8 heteroatoms. The number of carboxylic acid groups (broad SMARTS) is 1. The maximum absolute atomic E-state index is 13.0. The van der Waals surface area contributed by atoms with Gasteiger partial charge in [-0.2, -0.15) is 0 Å². The molecule has 1 fully saturated rings. The summed E-state index contributed by atoms with van der Waals surface area (Å²) in [5.41, 5.74) is 0.138. The molecule has 1 saturated heterocycles. The summed E-state index contributed by atoms with van der Waals surface area (Å²) in [5, 5.41) is 11.8. The Bertz CT molecular complexity index is 664. The van der Waals surface area contributed by atoms with E-state index in [4.69, 9.17) is 9.84 Å². The van der Waals surface area contributed by atoms with Gasteiger partial charge in [0.2, 0.25) is 5.91 Å². The Hall–Kier alpha value is -2.64. The van der Waals surface area contributed by atoms with Gasteiger partial charge in [0, 0.05) is 31.9 Å². The van der Waals surface area contributed by atoms with Crippen LogP contribution in [-0.2, 0) is 20.7 Å². The zero-order valence-electron chi connectivity index (χ0n) is 16.0. The molecule has 2 rings (SSSR count). The molecule has 2 heterocycles. The number of carbonyl (C=O) groups is 3. The summed E-state index contributed by atoms with van der Waals surface area (Å²) in [6.45, 7) is 5.97. The van der Waals surface area contributed by atoms with Gasteiger partial charge in [0.05, 0.1) is 5.92 Å². The summed E-state index contributed by atoms with van der Waals surface area (Å²) < 4.78 is 5.28. The SMILES string of the molecule is CC(C)(C)OC(=O)NC(Cc1cccnc1)C(=O)N1CCC(C(=O)O)CC1. The molecule has 0 spiro atoms. The Morgan fingerprint density at radius 1 is 1.33 bits per heavy atom. The van der Waals surface area contributed by atoms with Crippen molar-refractivity contribution >= 4 is 18.0 Å². The van der Waals surface area contributed by atoms with Crippen molar-refractivity contribution < 1.29 is 24.2 Å². The fourth-order valence-electron chi connectivity index (χ4n) is 2.97. The Labute approximate surface area is 158 Å². The van der Waals surface area contributed by atoms with E-state index in [2.05, 4.69) is 10.3 Å². The van der Waals surface area contributed by atoms with Crippen LogP contribution in [0.5, 0.6) is 0 Å². The van der Waals surface area contributed by atoms with E-state index in [-0.39, 0.29) is 12.3 Å². The van der Waals surface area contributed by atoms with Gasteiger partial charge in [-0.05, 0) is 45.2 Å². The van der Waals surface area contributed by atoms with Crippen LogP contribution in [0.25, 0.3) is 0 Å². The first-order valence-corrected chi connectivity index (χ1v) is 9.06. The molecule has 8 nitrogen and oxygen atoms in total. The number of carboxylic acids is 1. The minimum Gasteiger partial charge on any atom is -0.481 e. The van der Waals surface area contributed by atoms with Gasteiger partial charge in [0.25, 0.3) is 0 Å². The highest BCUT2D eigenvalue weighted by atomic mass is 16.6. The van der Waals surface area contributed by atoms with E-state index < -0.39 is 29.6 Å². The summed E-state index contributed by atoms with van der Waals surface area (Å²) in [4.78, 5) is 41.9. The number of alkyl carbamates (subject to hydrolysis) is 1. The lowest BCUT2D eigenvalue weighted by molar-refractivity contribution is -0.146. The number of aromatic nitrogens is 1. The number of nitrogens with one attached hydrogen (secondary N) is 1. The molecule has 148 valence electrons. The molecule has 0 bridgehead atoms. The van der Waals surface area contributed by atoms with Crippen molar-refractivity contribution in [2.75, 3.05) is 13.1 Å². The van der Waals surface area contributed by atoms with Gasteiger partial charge in [-0.15, -0.1) is 0 Å². The summed E-state index contributed by atoms with van der Waals surface area (Å²) in [6.07, 6.45) is 3.72. The third-order valence-electron chi connectivity index (χ3n) is 4.31. The predicted octanol–water partition coefficient (Wildman–Crippen LogP) is 1.84. The number of ether oxygens (including phenoxy) is 1. The molecule has 1 aliphatic heterocycles. The molecule has 1 atom stereocenters. The third kappa shape index (κ3) is 6.54. The van der Waals surface area contributed by atoms with E-state index in [9.17, 15) is 14.4 Å². The van der Waals surface area contributed by atoms with E-state index >= 15 is 0 Å². The second-order valence-electron chi connectivity index (χ2n) is 7.70. The van der Waals surface area contributed by atoms with Crippen LogP contribution in [0.2, 0.25) is 0 Å². The number of hydrogen-bond donors (Lipinski definition) is 2. The first-order valence-electron chi connectivity index (χ1n) is 9.06. The molecule has 0 saturated carbocycles. The average molecular weight is 377 g/mol. The molecule has 0 radical (unpaired) electrons. The molecule has 1 aliphatic rings. The van der Waals surface area contributed by atoms with Crippen LogP contribution < -0.4 is 5.32 Å². The number of pyridine rings is 1. The van der Waals surface area contributed by atoms with Gasteiger partial charge in [0.15, 0.2) is 0 Å². The van der Waals surface area contributed by atoms with Gasteiger partial charge >= 0.3 is 12.1 Å². The lowest BCUT2D eigenvalue weighted by Gasteiger charge is -2.33. The van der Waals surface area contributed by atoms with Crippen LogP contribution in [0.15, 0.2) is 24.5 Å². The number of aliphatic carboxylic acids is 1. The number of likely N-dealkylation sites (tertiary alicyclic amines) is 1. The van der Waals surface area contributed by atoms with Crippen molar-refractivity contribution in [3.8, 4) is 0 Å². The van der Waals surface area contributed by atoms with Crippen molar-refractivity contribution in [1.82, 2.24) is 15.2 Å². The van der Waals surface area contributed by atoms with Crippen molar-refractivity contribution in [2.24, 2.45) is 5.92 Å². The van der Waals surface area contributed by atoms with Gasteiger partial charge in [-0.25, -0.2) is 4.79 Å². The van der Waals surface area contributed by atoms with Crippen LogP contribution in [0.3, 0.4) is 0 Å². The van der Waals surface area contributed by atoms with E-state index in [0.717, 1.165) is 5.56 Å². The number of rotatable bonds is 5. The van der Waals surface area contributed by atoms with Gasteiger partial charge < -0.3 is 20.1 Å². The zero-order valence-corrected chi connectivity index (χ0v) is 16.0. The van der Waals surface area contributed by atoms with Crippen LogP contribution in [0, 0.1) is 5.92 Å². The number of carbonyl (C=O) groups excluding carboxylic acids is 2. The molecule has 1 aromatic rings. The van der Waals surface area contributed by atoms with E-state index in [0.29, 0.717) is 25.9 Å². The number of nitrogens with zero attached hydrogens (tertiary/aromatic N) is 2. The maximum atomic E-state index is 13.0. The normalized spacial score (nSPS) is 16.5.